The van der Waals surface area contributed by atoms with Gasteiger partial charge in [0.1, 0.15) is 6.10 Å². The van der Waals surface area contributed by atoms with Gasteiger partial charge in [-0.2, -0.15) is 5.26 Å². The first-order chi connectivity index (χ1) is 14.2. The van der Waals surface area contributed by atoms with Crippen LogP contribution in [0.1, 0.15) is 75.3 Å². The van der Waals surface area contributed by atoms with Crippen molar-refractivity contribution < 1.29 is 9.53 Å². The molecule has 2 saturated carbocycles. The average Bonchev–Trinajstić information content (AvgIpc) is 2.78. The van der Waals surface area contributed by atoms with Crippen molar-refractivity contribution in [2.75, 3.05) is 0 Å². The predicted molar refractivity (Wildman–Crippen MR) is 116 cm³/mol. The second kappa shape index (κ2) is 11.0. The lowest BCUT2D eigenvalue weighted by molar-refractivity contribution is -0.157. The number of nitrogens with zero attached hydrogens (tertiary/aromatic N) is 1. The highest BCUT2D eigenvalue weighted by atomic mass is 16.5. The number of carbonyl (C=O) groups is 1. The molecule has 0 heterocycles. The van der Waals surface area contributed by atoms with E-state index in [0.717, 1.165) is 57.8 Å². The van der Waals surface area contributed by atoms with Crippen LogP contribution >= 0.6 is 0 Å². The highest BCUT2D eigenvalue weighted by Gasteiger charge is 2.30. The van der Waals surface area contributed by atoms with Crippen molar-refractivity contribution in [1.29, 1.82) is 5.26 Å². The molecule has 0 atom stereocenters. The number of esters is 1. The van der Waals surface area contributed by atoms with E-state index in [2.05, 4.69) is 37.3 Å². The van der Waals surface area contributed by atoms with Crippen molar-refractivity contribution in [3.05, 3.63) is 59.7 Å². The van der Waals surface area contributed by atoms with Crippen LogP contribution in [0.4, 0.5) is 0 Å². The lowest BCUT2D eigenvalue weighted by Crippen LogP contribution is -2.29. The van der Waals surface area contributed by atoms with Gasteiger partial charge in [-0.25, -0.2) is 0 Å². The van der Waals surface area contributed by atoms with Crippen molar-refractivity contribution >= 4 is 5.97 Å². The fourth-order valence-corrected chi connectivity index (χ4v) is 4.67. The summed E-state index contributed by atoms with van der Waals surface area (Å²) in [7, 11) is 0. The van der Waals surface area contributed by atoms with Gasteiger partial charge in [0.05, 0.1) is 12.0 Å². The first kappa shape index (κ1) is 21.4. The molecular weight excluding hydrogens is 358 g/mol. The maximum atomic E-state index is 12.6. The molecule has 0 N–H and O–H groups in total. The molecule has 2 fully saturated rings. The third-order valence-corrected chi connectivity index (χ3v) is 6.59. The molecule has 3 rings (SSSR count). The Morgan fingerprint density at radius 2 is 1.72 bits per heavy atom. The zero-order valence-corrected chi connectivity index (χ0v) is 17.6. The van der Waals surface area contributed by atoms with E-state index in [1.165, 1.54) is 17.2 Å². The van der Waals surface area contributed by atoms with Crippen LogP contribution in [0.5, 0.6) is 0 Å². The number of hydrogen-bond acceptors (Lipinski definition) is 3. The quantitative estimate of drug-likeness (QED) is 0.327. The minimum Gasteiger partial charge on any atom is -0.462 e. The van der Waals surface area contributed by atoms with Crippen LogP contribution in [0, 0.1) is 23.2 Å². The van der Waals surface area contributed by atoms with Crippen LogP contribution in [-0.4, -0.2) is 12.1 Å². The maximum Gasteiger partial charge on any atom is 0.309 e. The first-order valence-electron chi connectivity index (χ1n) is 11.2. The Hall–Kier alpha value is -2.34. The summed E-state index contributed by atoms with van der Waals surface area (Å²) in [6, 6.07) is 11.0. The van der Waals surface area contributed by atoms with E-state index in [1.807, 2.05) is 12.1 Å². The van der Waals surface area contributed by atoms with Gasteiger partial charge in [0.15, 0.2) is 0 Å². The Morgan fingerprint density at radius 3 is 2.34 bits per heavy atom. The van der Waals surface area contributed by atoms with E-state index in [1.54, 1.807) is 6.08 Å². The number of benzene rings is 1. The lowest BCUT2D eigenvalue weighted by atomic mass is 9.78. The highest BCUT2D eigenvalue weighted by Crippen LogP contribution is 2.37. The fourth-order valence-electron chi connectivity index (χ4n) is 4.67. The molecule has 1 aromatic rings. The normalized spacial score (nSPS) is 27.7. The van der Waals surface area contributed by atoms with E-state index in [4.69, 9.17) is 10.00 Å². The molecule has 2 aliphatic rings. The van der Waals surface area contributed by atoms with Gasteiger partial charge < -0.3 is 4.74 Å². The van der Waals surface area contributed by atoms with Crippen molar-refractivity contribution in [2.24, 2.45) is 11.8 Å². The molecule has 1 aromatic carbocycles. The minimum absolute atomic E-state index is 0.0285. The van der Waals surface area contributed by atoms with Crippen LogP contribution in [0.3, 0.4) is 0 Å². The van der Waals surface area contributed by atoms with E-state index >= 15 is 0 Å². The number of rotatable bonds is 6. The summed E-state index contributed by atoms with van der Waals surface area (Å²) >= 11 is 0. The Labute approximate surface area is 175 Å². The van der Waals surface area contributed by atoms with E-state index < -0.39 is 0 Å². The number of allylic oxidation sites excluding steroid dienone is 4. The van der Waals surface area contributed by atoms with E-state index in [-0.39, 0.29) is 18.0 Å². The summed E-state index contributed by atoms with van der Waals surface area (Å²) in [5, 5.41) is 8.50. The third-order valence-electron chi connectivity index (χ3n) is 6.59. The first-order valence-corrected chi connectivity index (χ1v) is 11.2. The van der Waals surface area contributed by atoms with E-state index in [0.29, 0.717) is 11.8 Å². The number of nitriles is 1. The van der Waals surface area contributed by atoms with Crippen molar-refractivity contribution in [3.8, 4) is 6.07 Å². The van der Waals surface area contributed by atoms with Gasteiger partial charge in [0, 0.05) is 6.08 Å². The minimum atomic E-state index is 0.0285. The summed E-state index contributed by atoms with van der Waals surface area (Å²) in [6.07, 6.45) is 16.6. The second-order valence-corrected chi connectivity index (χ2v) is 8.49. The molecule has 3 heteroatoms. The maximum absolute atomic E-state index is 12.6. The van der Waals surface area contributed by atoms with Gasteiger partial charge >= 0.3 is 5.97 Å². The third kappa shape index (κ3) is 6.32. The van der Waals surface area contributed by atoms with Gasteiger partial charge in [-0.3, -0.25) is 4.79 Å². The average molecular weight is 392 g/mol. The summed E-state index contributed by atoms with van der Waals surface area (Å²) in [5.41, 5.74) is 2.81. The van der Waals surface area contributed by atoms with Crippen LogP contribution in [0.25, 0.3) is 0 Å². The molecule has 0 amide bonds. The molecule has 2 aliphatic carbocycles. The number of aryl methyl sites for hydroxylation is 1. The monoisotopic (exact) mass is 391 g/mol. The summed E-state index contributed by atoms with van der Waals surface area (Å²) in [5.74, 6) is 1.22. The Kier molecular flexibility index (Phi) is 8.11. The van der Waals surface area contributed by atoms with Crippen molar-refractivity contribution in [2.45, 2.75) is 76.7 Å². The number of ether oxygens (including phenoxy) is 1. The molecule has 29 heavy (non-hydrogen) atoms. The van der Waals surface area contributed by atoms with Gasteiger partial charge in [0.25, 0.3) is 0 Å². The second-order valence-electron chi connectivity index (χ2n) is 8.49. The van der Waals surface area contributed by atoms with Gasteiger partial charge in [-0.05, 0) is 80.8 Å². The Morgan fingerprint density at radius 1 is 1.03 bits per heavy atom. The zero-order valence-electron chi connectivity index (χ0n) is 17.6. The summed E-state index contributed by atoms with van der Waals surface area (Å²) in [4.78, 5) is 12.6. The SMILES string of the molecule is CCc1ccc([C@H]2CC[C@H](C(=O)OC3CCC(/C=C/C=CC#N)CC3)CC2)cc1. The highest BCUT2D eigenvalue weighted by molar-refractivity contribution is 5.72. The molecule has 154 valence electrons. The molecule has 3 nitrogen and oxygen atoms in total. The summed E-state index contributed by atoms with van der Waals surface area (Å²) < 4.78 is 5.87. The molecule has 0 radical (unpaired) electrons. The number of carbonyl (C=O) groups excluding carboxylic acids is 1. The molecular formula is C26H33NO2. The molecule has 0 unspecified atom stereocenters. The molecule has 0 bridgehead atoms. The van der Waals surface area contributed by atoms with E-state index in [9.17, 15) is 4.79 Å². The fraction of sp³-hybridized carbons (Fsp3) is 0.538. The standard InChI is InChI=1S/C26H33NO2/c1-2-20-7-11-22(12-8-20)23-13-15-24(16-14-23)26(28)29-25-17-9-21(10-18-25)6-4-3-5-19-27/h3-8,11-12,21,23-25H,2,9-10,13-18H2,1H3/b5-3?,6-4+/t21?,23-,24-,25?. The molecule has 0 aliphatic heterocycles. The summed E-state index contributed by atoms with van der Waals surface area (Å²) in [6.45, 7) is 2.18. The molecule has 0 aromatic heterocycles. The van der Waals surface area contributed by atoms with Gasteiger partial charge in [-0.15, -0.1) is 0 Å². The lowest BCUT2D eigenvalue weighted by Gasteiger charge is -2.31. The van der Waals surface area contributed by atoms with Crippen LogP contribution < -0.4 is 0 Å². The topological polar surface area (TPSA) is 50.1 Å². The Bertz CT molecular complexity index is 740. The number of hydrogen-bond donors (Lipinski definition) is 0. The smallest absolute Gasteiger partial charge is 0.309 e. The van der Waals surface area contributed by atoms with Crippen LogP contribution in [0.2, 0.25) is 0 Å². The van der Waals surface area contributed by atoms with Crippen LogP contribution in [0.15, 0.2) is 48.6 Å². The van der Waals surface area contributed by atoms with Crippen LogP contribution in [-0.2, 0) is 16.0 Å². The zero-order chi connectivity index (χ0) is 20.5. The largest absolute Gasteiger partial charge is 0.462 e. The predicted octanol–water partition coefficient (Wildman–Crippen LogP) is 6.26. The van der Waals surface area contributed by atoms with Crippen molar-refractivity contribution in [3.63, 3.8) is 0 Å². The Balaban J connectivity index is 1.39. The van der Waals surface area contributed by atoms with Gasteiger partial charge in [-0.1, -0.05) is 49.4 Å². The van der Waals surface area contributed by atoms with Gasteiger partial charge in [0.2, 0.25) is 0 Å². The molecule has 0 saturated heterocycles. The van der Waals surface area contributed by atoms with Crippen molar-refractivity contribution in [1.82, 2.24) is 0 Å². The molecule has 0 spiro atoms.